The standard InChI is InChI=1S/C23H22N2O2S/c1-2-17-13-15-19(16-14-17)22(26)24-25-23(27)21(18-9-5-3-6-10-18)28-20-11-7-4-8-12-20/h3-16,21H,2H2,1H3,(H,24,26)(H,25,27)/t21-/m1/s1. The third-order valence-corrected chi connectivity index (χ3v) is 5.53. The smallest absolute Gasteiger partial charge is 0.269 e. The van der Waals surface area contributed by atoms with Gasteiger partial charge in [0.2, 0.25) is 0 Å². The van der Waals surface area contributed by atoms with Crippen molar-refractivity contribution in [2.75, 3.05) is 0 Å². The molecule has 0 spiro atoms. The Morgan fingerprint density at radius 3 is 2.04 bits per heavy atom. The first kappa shape index (κ1) is 19.7. The molecule has 0 heterocycles. The summed E-state index contributed by atoms with van der Waals surface area (Å²) >= 11 is 1.44. The van der Waals surface area contributed by atoms with E-state index in [1.165, 1.54) is 11.8 Å². The Balaban J connectivity index is 1.69. The molecule has 3 aromatic rings. The number of carbonyl (C=O) groups is 2. The van der Waals surface area contributed by atoms with E-state index >= 15 is 0 Å². The van der Waals surface area contributed by atoms with Gasteiger partial charge >= 0.3 is 0 Å². The highest BCUT2D eigenvalue weighted by Crippen LogP contribution is 2.35. The summed E-state index contributed by atoms with van der Waals surface area (Å²) in [6.45, 7) is 2.06. The maximum atomic E-state index is 12.8. The number of carbonyl (C=O) groups excluding carboxylic acids is 2. The van der Waals surface area contributed by atoms with Crippen LogP contribution in [0.15, 0.2) is 89.8 Å². The van der Waals surface area contributed by atoms with Crippen LogP contribution in [0.2, 0.25) is 0 Å². The number of hydrazine groups is 1. The van der Waals surface area contributed by atoms with Crippen molar-refractivity contribution >= 4 is 23.6 Å². The van der Waals surface area contributed by atoms with Gasteiger partial charge in [0.25, 0.3) is 11.8 Å². The number of thioether (sulfide) groups is 1. The first-order valence-electron chi connectivity index (χ1n) is 9.13. The number of rotatable bonds is 6. The third-order valence-electron chi connectivity index (χ3n) is 4.26. The van der Waals surface area contributed by atoms with Gasteiger partial charge in [-0.05, 0) is 41.8 Å². The Labute approximate surface area is 169 Å². The van der Waals surface area contributed by atoms with Gasteiger partial charge < -0.3 is 0 Å². The number of hydrogen-bond acceptors (Lipinski definition) is 3. The second-order valence-electron chi connectivity index (χ2n) is 6.22. The van der Waals surface area contributed by atoms with E-state index in [-0.39, 0.29) is 11.8 Å². The van der Waals surface area contributed by atoms with E-state index in [0.717, 1.165) is 22.4 Å². The van der Waals surface area contributed by atoms with Crippen molar-refractivity contribution < 1.29 is 9.59 Å². The number of nitrogens with one attached hydrogen (secondary N) is 2. The van der Waals surface area contributed by atoms with Gasteiger partial charge in [0, 0.05) is 10.5 Å². The molecule has 2 amide bonds. The first-order valence-corrected chi connectivity index (χ1v) is 10.0. The van der Waals surface area contributed by atoms with Gasteiger partial charge in [-0.3, -0.25) is 20.4 Å². The lowest BCUT2D eigenvalue weighted by atomic mass is 10.1. The zero-order chi connectivity index (χ0) is 19.8. The topological polar surface area (TPSA) is 58.2 Å². The molecule has 0 fully saturated rings. The summed E-state index contributed by atoms with van der Waals surface area (Å²) in [6, 6.07) is 26.6. The molecule has 0 aliphatic carbocycles. The highest BCUT2D eigenvalue weighted by molar-refractivity contribution is 8.00. The van der Waals surface area contributed by atoms with Crippen molar-refractivity contribution in [3.63, 3.8) is 0 Å². The van der Waals surface area contributed by atoms with Gasteiger partial charge in [-0.25, -0.2) is 0 Å². The molecule has 1 atom stereocenters. The molecule has 0 aromatic heterocycles. The average molecular weight is 391 g/mol. The monoisotopic (exact) mass is 390 g/mol. The van der Waals surface area contributed by atoms with Crippen LogP contribution in [0.25, 0.3) is 0 Å². The molecule has 0 saturated heterocycles. The van der Waals surface area contributed by atoms with Gasteiger partial charge in [-0.2, -0.15) is 0 Å². The van der Waals surface area contributed by atoms with Crippen LogP contribution in [-0.4, -0.2) is 11.8 Å². The molecule has 3 aromatic carbocycles. The van der Waals surface area contributed by atoms with Crippen LogP contribution >= 0.6 is 11.8 Å². The van der Waals surface area contributed by atoms with Crippen LogP contribution in [0, 0.1) is 0 Å². The Kier molecular flexibility index (Phi) is 6.87. The largest absolute Gasteiger partial charge is 0.272 e. The number of amides is 2. The normalized spacial score (nSPS) is 11.5. The Hall–Kier alpha value is -3.05. The summed E-state index contributed by atoms with van der Waals surface area (Å²) < 4.78 is 0. The Bertz CT molecular complexity index is 912. The lowest BCUT2D eigenvalue weighted by Crippen LogP contribution is -2.43. The van der Waals surface area contributed by atoms with Gasteiger partial charge in [-0.15, -0.1) is 11.8 Å². The van der Waals surface area contributed by atoms with E-state index in [9.17, 15) is 9.59 Å². The van der Waals surface area contributed by atoms with Gasteiger partial charge in [0.1, 0.15) is 5.25 Å². The number of benzene rings is 3. The summed E-state index contributed by atoms with van der Waals surface area (Å²) in [5.41, 5.74) is 7.62. The molecule has 4 nitrogen and oxygen atoms in total. The molecule has 2 N–H and O–H groups in total. The van der Waals surface area contributed by atoms with Crippen molar-refractivity contribution in [1.82, 2.24) is 10.9 Å². The Morgan fingerprint density at radius 1 is 0.821 bits per heavy atom. The molecule has 0 unspecified atom stereocenters. The fraction of sp³-hybridized carbons (Fsp3) is 0.130. The predicted octanol–water partition coefficient (Wildman–Crippen LogP) is 4.54. The summed E-state index contributed by atoms with van der Waals surface area (Å²) in [6.07, 6.45) is 0.911. The van der Waals surface area contributed by atoms with Crippen LogP contribution < -0.4 is 10.9 Å². The van der Waals surface area contributed by atoms with Gasteiger partial charge in [0.15, 0.2) is 0 Å². The van der Waals surface area contributed by atoms with Crippen molar-refractivity contribution in [3.05, 3.63) is 102 Å². The van der Waals surface area contributed by atoms with Crippen LogP contribution in [0.1, 0.15) is 33.7 Å². The van der Waals surface area contributed by atoms with Crippen LogP contribution in [-0.2, 0) is 11.2 Å². The van der Waals surface area contributed by atoms with E-state index in [4.69, 9.17) is 0 Å². The van der Waals surface area contributed by atoms with E-state index < -0.39 is 5.25 Å². The van der Waals surface area contributed by atoms with Gasteiger partial charge in [-0.1, -0.05) is 67.6 Å². The minimum absolute atomic E-state index is 0.279. The van der Waals surface area contributed by atoms with Crippen LogP contribution in [0.3, 0.4) is 0 Å². The quantitative estimate of drug-likeness (QED) is 0.480. The van der Waals surface area contributed by atoms with Crippen LogP contribution in [0.4, 0.5) is 0 Å². The Morgan fingerprint density at radius 2 is 1.43 bits per heavy atom. The molecule has 28 heavy (non-hydrogen) atoms. The highest BCUT2D eigenvalue weighted by atomic mass is 32.2. The van der Waals surface area contributed by atoms with Crippen LogP contribution in [0.5, 0.6) is 0 Å². The summed E-state index contributed by atoms with van der Waals surface area (Å²) in [4.78, 5) is 26.2. The fourth-order valence-corrected chi connectivity index (χ4v) is 3.73. The second-order valence-corrected chi connectivity index (χ2v) is 7.39. The fourth-order valence-electron chi connectivity index (χ4n) is 2.68. The molecule has 0 saturated carbocycles. The van der Waals surface area contributed by atoms with Crippen molar-refractivity contribution in [2.24, 2.45) is 0 Å². The first-order chi connectivity index (χ1) is 13.7. The molecule has 5 heteroatoms. The maximum Gasteiger partial charge on any atom is 0.269 e. The molecule has 3 rings (SSSR count). The summed E-state index contributed by atoms with van der Waals surface area (Å²) in [7, 11) is 0. The van der Waals surface area contributed by atoms with E-state index in [1.54, 1.807) is 12.1 Å². The molecule has 0 radical (unpaired) electrons. The highest BCUT2D eigenvalue weighted by Gasteiger charge is 2.22. The van der Waals surface area contributed by atoms with E-state index in [1.807, 2.05) is 72.8 Å². The van der Waals surface area contributed by atoms with E-state index in [0.29, 0.717) is 5.56 Å². The van der Waals surface area contributed by atoms with Crippen molar-refractivity contribution in [1.29, 1.82) is 0 Å². The maximum absolute atomic E-state index is 12.8. The summed E-state index contributed by atoms with van der Waals surface area (Å²) in [5, 5.41) is -0.480. The van der Waals surface area contributed by atoms with Gasteiger partial charge in [0.05, 0.1) is 0 Å². The SMILES string of the molecule is CCc1ccc(C(=O)NNC(=O)[C@H](Sc2ccccc2)c2ccccc2)cc1. The zero-order valence-electron chi connectivity index (χ0n) is 15.6. The van der Waals surface area contributed by atoms with Crippen molar-refractivity contribution in [2.45, 2.75) is 23.5 Å². The average Bonchev–Trinajstić information content (AvgIpc) is 2.77. The number of hydrogen-bond donors (Lipinski definition) is 2. The lowest BCUT2D eigenvalue weighted by Gasteiger charge is -2.17. The molecular formula is C23H22N2O2S. The molecule has 0 bridgehead atoms. The zero-order valence-corrected chi connectivity index (χ0v) is 16.4. The number of aryl methyl sites for hydroxylation is 1. The summed E-state index contributed by atoms with van der Waals surface area (Å²) in [5.74, 6) is -0.619. The predicted molar refractivity (Wildman–Crippen MR) is 113 cm³/mol. The lowest BCUT2D eigenvalue weighted by molar-refractivity contribution is -0.121. The minimum atomic E-state index is -0.480. The van der Waals surface area contributed by atoms with Crippen molar-refractivity contribution in [3.8, 4) is 0 Å². The molecular weight excluding hydrogens is 368 g/mol. The second kappa shape index (κ2) is 9.76. The minimum Gasteiger partial charge on any atom is -0.272 e. The molecule has 0 aliphatic heterocycles. The third kappa shape index (κ3) is 5.24. The van der Waals surface area contributed by atoms with E-state index in [2.05, 4.69) is 17.8 Å². The molecule has 0 aliphatic rings. The molecule has 142 valence electrons.